The Balaban J connectivity index is 2.11. The van der Waals surface area contributed by atoms with Crippen molar-refractivity contribution in [1.29, 1.82) is 0 Å². The van der Waals surface area contributed by atoms with E-state index in [9.17, 15) is 4.79 Å². The summed E-state index contributed by atoms with van der Waals surface area (Å²) in [5.74, 6) is 0.0847. The molecule has 1 N–H and O–H groups in total. The smallest absolute Gasteiger partial charge is 0.220 e. The fraction of sp³-hybridized carbons (Fsp3) is 0.500. The van der Waals surface area contributed by atoms with Gasteiger partial charge in [-0.2, -0.15) is 0 Å². The molecule has 1 aromatic rings. The predicted octanol–water partition coefficient (Wildman–Crippen LogP) is 2.82. The Morgan fingerprint density at radius 1 is 1.33 bits per heavy atom. The molecule has 1 amide bonds. The minimum Gasteiger partial charge on any atom is -0.382 e. The van der Waals surface area contributed by atoms with Crippen LogP contribution in [-0.4, -0.2) is 25.7 Å². The quantitative estimate of drug-likeness (QED) is 0.737. The van der Waals surface area contributed by atoms with E-state index < -0.39 is 0 Å². The fourth-order valence-electron chi connectivity index (χ4n) is 1.54. The molecule has 0 unspecified atom stereocenters. The van der Waals surface area contributed by atoms with E-state index in [1.165, 1.54) is 0 Å². The highest BCUT2D eigenvalue weighted by Crippen LogP contribution is 2.10. The predicted molar refractivity (Wildman–Crippen MR) is 73.9 cm³/mol. The van der Waals surface area contributed by atoms with Gasteiger partial charge in [0.1, 0.15) is 0 Å². The summed E-state index contributed by atoms with van der Waals surface area (Å²) in [6.45, 7) is 4.07. The van der Waals surface area contributed by atoms with Gasteiger partial charge >= 0.3 is 0 Å². The summed E-state index contributed by atoms with van der Waals surface area (Å²) < 4.78 is 5.19. The van der Waals surface area contributed by atoms with E-state index in [0.29, 0.717) is 19.6 Å². The van der Waals surface area contributed by atoms with Gasteiger partial charge in [0.25, 0.3) is 0 Å². The Kier molecular flexibility index (Phi) is 7.46. The highest BCUT2D eigenvalue weighted by molar-refractivity contribution is 6.30. The van der Waals surface area contributed by atoms with E-state index in [2.05, 4.69) is 5.32 Å². The normalized spacial score (nSPS) is 10.3. The van der Waals surface area contributed by atoms with E-state index in [0.717, 1.165) is 30.0 Å². The molecular formula is C14H20ClNO2. The molecule has 1 rings (SSSR count). The summed E-state index contributed by atoms with van der Waals surface area (Å²) in [5, 5.41) is 3.60. The Morgan fingerprint density at radius 2 is 2.06 bits per heavy atom. The van der Waals surface area contributed by atoms with Crippen LogP contribution in [0.1, 0.15) is 25.3 Å². The van der Waals surface area contributed by atoms with Crippen molar-refractivity contribution in [1.82, 2.24) is 5.32 Å². The first-order chi connectivity index (χ1) is 8.72. The van der Waals surface area contributed by atoms with Gasteiger partial charge in [-0.1, -0.05) is 23.7 Å². The maximum Gasteiger partial charge on any atom is 0.220 e. The molecule has 0 saturated heterocycles. The summed E-state index contributed by atoms with van der Waals surface area (Å²) in [4.78, 5) is 11.5. The van der Waals surface area contributed by atoms with Crippen LogP contribution >= 0.6 is 11.6 Å². The number of nitrogens with one attached hydrogen (secondary N) is 1. The molecule has 0 spiro atoms. The molecule has 0 bridgehead atoms. The van der Waals surface area contributed by atoms with Crippen molar-refractivity contribution in [2.45, 2.75) is 26.2 Å². The zero-order chi connectivity index (χ0) is 13.2. The van der Waals surface area contributed by atoms with E-state index in [1.807, 2.05) is 31.2 Å². The molecular weight excluding hydrogens is 250 g/mol. The molecule has 100 valence electrons. The average molecular weight is 270 g/mol. The van der Waals surface area contributed by atoms with E-state index >= 15 is 0 Å². The first-order valence-corrected chi connectivity index (χ1v) is 6.69. The monoisotopic (exact) mass is 269 g/mol. The molecule has 0 heterocycles. The van der Waals surface area contributed by atoms with Crippen molar-refractivity contribution >= 4 is 17.5 Å². The third-order valence-corrected chi connectivity index (χ3v) is 2.80. The molecule has 0 atom stereocenters. The van der Waals surface area contributed by atoms with Crippen LogP contribution in [0.4, 0.5) is 0 Å². The highest BCUT2D eigenvalue weighted by atomic mass is 35.5. The lowest BCUT2D eigenvalue weighted by molar-refractivity contribution is -0.121. The number of carbonyl (C=O) groups excluding carboxylic acids is 1. The maximum atomic E-state index is 11.5. The van der Waals surface area contributed by atoms with Crippen LogP contribution in [0.5, 0.6) is 0 Å². The molecule has 0 aliphatic carbocycles. The van der Waals surface area contributed by atoms with Crippen LogP contribution < -0.4 is 5.32 Å². The van der Waals surface area contributed by atoms with Crippen LogP contribution in [0.2, 0.25) is 5.02 Å². The number of ether oxygens (including phenoxy) is 1. The summed E-state index contributed by atoms with van der Waals surface area (Å²) in [6, 6.07) is 7.59. The SMILES string of the molecule is CCOCCCNC(=O)CCc1ccc(Cl)cc1. The number of rotatable bonds is 8. The highest BCUT2D eigenvalue weighted by Gasteiger charge is 2.01. The van der Waals surface area contributed by atoms with Crippen LogP contribution in [0.15, 0.2) is 24.3 Å². The molecule has 0 fully saturated rings. The summed E-state index contributed by atoms with van der Waals surface area (Å²) in [7, 11) is 0. The van der Waals surface area contributed by atoms with Crippen molar-refractivity contribution in [3.63, 3.8) is 0 Å². The number of amides is 1. The van der Waals surface area contributed by atoms with Crippen LogP contribution in [0.25, 0.3) is 0 Å². The van der Waals surface area contributed by atoms with Gasteiger partial charge in [-0.05, 0) is 37.5 Å². The van der Waals surface area contributed by atoms with Crippen molar-refractivity contribution in [2.24, 2.45) is 0 Å². The molecule has 0 aromatic heterocycles. The first-order valence-electron chi connectivity index (χ1n) is 6.31. The Hall–Kier alpha value is -1.06. The van der Waals surface area contributed by atoms with E-state index in [1.54, 1.807) is 0 Å². The zero-order valence-electron chi connectivity index (χ0n) is 10.7. The third-order valence-electron chi connectivity index (χ3n) is 2.55. The minimum atomic E-state index is 0.0847. The lowest BCUT2D eigenvalue weighted by Crippen LogP contribution is -2.25. The standard InChI is InChI=1S/C14H20ClNO2/c1-2-18-11-3-10-16-14(17)9-6-12-4-7-13(15)8-5-12/h4-5,7-8H,2-3,6,9-11H2,1H3,(H,16,17). The van der Waals surface area contributed by atoms with E-state index in [4.69, 9.17) is 16.3 Å². The lowest BCUT2D eigenvalue weighted by atomic mass is 10.1. The molecule has 3 nitrogen and oxygen atoms in total. The van der Waals surface area contributed by atoms with Gasteiger partial charge in [0.2, 0.25) is 5.91 Å². The second kappa shape index (κ2) is 8.95. The topological polar surface area (TPSA) is 38.3 Å². The largest absolute Gasteiger partial charge is 0.382 e. The number of aryl methyl sites for hydroxylation is 1. The Labute approximate surface area is 113 Å². The number of halogens is 1. The first kappa shape index (κ1) is 15.0. The average Bonchev–Trinajstić information content (AvgIpc) is 2.38. The van der Waals surface area contributed by atoms with Crippen molar-refractivity contribution in [2.75, 3.05) is 19.8 Å². The molecule has 0 aliphatic heterocycles. The fourth-order valence-corrected chi connectivity index (χ4v) is 1.67. The van der Waals surface area contributed by atoms with Crippen LogP contribution in [-0.2, 0) is 16.0 Å². The molecule has 4 heteroatoms. The van der Waals surface area contributed by atoms with Crippen molar-refractivity contribution in [3.05, 3.63) is 34.9 Å². The van der Waals surface area contributed by atoms with Gasteiger partial charge in [0, 0.05) is 31.2 Å². The van der Waals surface area contributed by atoms with Crippen LogP contribution in [0, 0.1) is 0 Å². The summed E-state index contributed by atoms with van der Waals surface area (Å²) >= 11 is 5.79. The minimum absolute atomic E-state index is 0.0847. The number of carbonyl (C=O) groups is 1. The number of benzene rings is 1. The van der Waals surface area contributed by atoms with Crippen LogP contribution in [0.3, 0.4) is 0 Å². The number of hydrogen-bond donors (Lipinski definition) is 1. The molecule has 0 aliphatic rings. The van der Waals surface area contributed by atoms with Gasteiger partial charge in [-0.25, -0.2) is 0 Å². The molecule has 0 saturated carbocycles. The zero-order valence-corrected chi connectivity index (χ0v) is 11.5. The summed E-state index contributed by atoms with van der Waals surface area (Å²) in [5.41, 5.74) is 1.13. The third kappa shape index (κ3) is 6.62. The maximum absolute atomic E-state index is 11.5. The van der Waals surface area contributed by atoms with Gasteiger partial charge in [0.05, 0.1) is 0 Å². The molecule has 1 aromatic carbocycles. The van der Waals surface area contributed by atoms with Crippen molar-refractivity contribution < 1.29 is 9.53 Å². The number of hydrogen-bond acceptors (Lipinski definition) is 2. The van der Waals surface area contributed by atoms with Gasteiger partial charge < -0.3 is 10.1 Å². The molecule has 0 radical (unpaired) electrons. The van der Waals surface area contributed by atoms with Gasteiger partial charge in [-0.3, -0.25) is 4.79 Å². The second-order valence-corrected chi connectivity index (χ2v) is 4.46. The lowest BCUT2D eigenvalue weighted by Gasteiger charge is -2.05. The van der Waals surface area contributed by atoms with Crippen molar-refractivity contribution in [3.8, 4) is 0 Å². The Morgan fingerprint density at radius 3 is 2.72 bits per heavy atom. The Bertz CT molecular complexity index is 351. The van der Waals surface area contributed by atoms with E-state index in [-0.39, 0.29) is 5.91 Å². The molecule has 18 heavy (non-hydrogen) atoms. The summed E-state index contributed by atoms with van der Waals surface area (Å²) in [6.07, 6.45) is 2.12. The van der Waals surface area contributed by atoms with Gasteiger partial charge in [0.15, 0.2) is 0 Å². The van der Waals surface area contributed by atoms with Gasteiger partial charge in [-0.15, -0.1) is 0 Å². The second-order valence-electron chi connectivity index (χ2n) is 4.03.